The molecule has 9 nitrogen and oxygen atoms in total. The number of thioether (sulfide) groups is 1. The quantitative estimate of drug-likeness (QED) is 0.0744. The molecule has 1 amide bonds. The van der Waals surface area contributed by atoms with E-state index >= 15 is 0 Å². The summed E-state index contributed by atoms with van der Waals surface area (Å²) in [6, 6.07) is 25.8. The third-order valence-electron chi connectivity index (χ3n) is 7.84. The van der Waals surface area contributed by atoms with E-state index in [1.54, 1.807) is 30.2 Å². The van der Waals surface area contributed by atoms with Gasteiger partial charge >= 0.3 is 5.97 Å². The van der Waals surface area contributed by atoms with Crippen molar-refractivity contribution < 1.29 is 29.3 Å². The normalized spacial score (nSPS) is 17.8. The Kier molecular flexibility index (Phi) is 12.3. The van der Waals surface area contributed by atoms with Crippen molar-refractivity contribution in [3.63, 3.8) is 0 Å². The highest BCUT2D eigenvalue weighted by molar-refractivity contribution is 7.99. The number of aromatic nitrogens is 2. The molecule has 4 aromatic rings. The molecule has 0 radical (unpaired) electrons. The Balaban J connectivity index is 1.25. The van der Waals surface area contributed by atoms with Crippen molar-refractivity contribution >= 4 is 23.6 Å². The van der Waals surface area contributed by atoms with E-state index in [0.29, 0.717) is 43.1 Å². The Hall–Kier alpha value is -4.09. The van der Waals surface area contributed by atoms with Gasteiger partial charge in [-0.1, -0.05) is 91.0 Å². The molecule has 0 saturated carbocycles. The van der Waals surface area contributed by atoms with Gasteiger partial charge in [0, 0.05) is 49.5 Å². The summed E-state index contributed by atoms with van der Waals surface area (Å²) in [5.74, 6) is -0.173. The molecule has 3 atom stereocenters. The molecule has 1 saturated heterocycles. The minimum Gasteiger partial charge on any atom is -0.481 e. The molecule has 240 valence electrons. The van der Waals surface area contributed by atoms with Gasteiger partial charge < -0.3 is 25.0 Å². The van der Waals surface area contributed by atoms with Gasteiger partial charge in [-0.25, -0.2) is 9.97 Å². The number of hydrogen-bond donors (Lipinski definition) is 3. The predicted octanol–water partition coefficient (Wildman–Crippen LogP) is 6.62. The third kappa shape index (κ3) is 9.70. The maximum atomic E-state index is 12.4. The van der Waals surface area contributed by atoms with Crippen molar-refractivity contribution in [3.8, 4) is 11.1 Å². The number of rotatable bonds is 15. The molecule has 2 heterocycles. The van der Waals surface area contributed by atoms with Crippen LogP contribution in [0.2, 0.25) is 0 Å². The summed E-state index contributed by atoms with van der Waals surface area (Å²) in [7, 11) is 0. The number of carboxylic acids is 1. The van der Waals surface area contributed by atoms with Crippen molar-refractivity contribution in [2.45, 2.75) is 75.3 Å². The van der Waals surface area contributed by atoms with Crippen LogP contribution in [0.15, 0.2) is 96.4 Å². The fourth-order valence-corrected chi connectivity index (χ4v) is 6.17. The lowest BCUT2D eigenvalue weighted by atomic mass is 9.97. The number of aliphatic carboxylic acids is 1. The van der Waals surface area contributed by atoms with Gasteiger partial charge in [-0.15, -0.1) is 0 Å². The molecule has 10 heteroatoms. The molecule has 1 aliphatic rings. The zero-order valence-corrected chi connectivity index (χ0v) is 26.4. The number of nitrogens with one attached hydrogen (secondary N) is 1. The number of carboxylic acid groups (broad SMARTS) is 1. The molecule has 0 unspecified atom stereocenters. The second-order valence-corrected chi connectivity index (χ2v) is 12.2. The van der Waals surface area contributed by atoms with Crippen LogP contribution < -0.4 is 5.32 Å². The summed E-state index contributed by atoms with van der Waals surface area (Å²) in [4.78, 5) is 31.7. The fraction of sp³-hybridized carbons (Fsp3) is 0.333. The van der Waals surface area contributed by atoms with Crippen molar-refractivity contribution in [2.24, 2.45) is 0 Å². The largest absolute Gasteiger partial charge is 0.481 e. The average Bonchev–Trinajstić information content (AvgIpc) is 3.10. The topological polar surface area (TPSA) is 131 Å². The average molecular weight is 642 g/mol. The number of aliphatic hydroxyl groups is 1. The van der Waals surface area contributed by atoms with E-state index in [4.69, 9.17) is 14.6 Å². The number of carbonyl (C=O) groups excluding carboxylic acids is 1. The molecule has 0 bridgehead atoms. The van der Waals surface area contributed by atoms with Crippen LogP contribution in [0, 0.1) is 0 Å². The van der Waals surface area contributed by atoms with Crippen LogP contribution in [0.3, 0.4) is 0 Å². The van der Waals surface area contributed by atoms with Crippen LogP contribution in [0.5, 0.6) is 0 Å². The van der Waals surface area contributed by atoms with Gasteiger partial charge in [0.15, 0.2) is 11.4 Å². The highest BCUT2D eigenvalue weighted by atomic mass is 32.2. The van der Waals surface area contributed by atoms with E-state index in [1.165, 1.54) is 0 Å². The number of ether oxygens (including phenoxy) is 2. The second-order valence-electron chi connectivity index (χ2n) is 11.2. The Morgan fingerprint density at radius 1 is 0.848 bits per heavy atom. The summed E-state index contributed by atoms with van der Waals surface area (Å²) in [5.41, 5.74) is 5.84. The summed E-state index contributed by atoms with van der Waals surface area (Å²) in [6.45, 7) is 0.397. The van der Waals surface area contributed by atoms with Crippen LogP contribution >= 0.6 is 11.8 Å². The number of aliphatic hydroxyl groups excluding tert-OH is 1. The van der Waals surface area contributed by atoms with E-state index in [1.807, 2.05) is 72.8 Å². The van der Waals surface area contributed by atoms with Gasteiger partial charge in [-0.05, 0) is 46.7 Å². The van der Waals surface area contributed by atoms with Gasteiger partial charge in [-0.3, -0.25) is 9.59 Å². The maximum absolute atomic E-state index is 12.4. The number of amides is 1. The summed E-state index contributed by atoms with van der Waals surface area (Å²) >= 11 is 1.56. The van der Waals surface area contributed by atoms with Gasteiger partial charge in [0.25, 0.3) is 0 Å². The molecule has 1 aliphatic heterocycles. The minimum absolute atomic E-state index is 0.00803. The molecule has 0 spiro atoms. The summed E-state index contributed by atoms with van der Waals surface area (Å²) < 4.78 is 13.0. The van der Waals surface area contributed by atoms with E-state index in [9.17, 15) is 14.7 Å². The highest BCUT2D eigenvalue weighted by Crippen LogP contribution is 2.39. The zero-order valence-electron chi connectivity index (χ0n) is 25.6. The van der Waals surface area contributed by atoms with Gasteiger partial charge in [0.05, 0.1) is 18.8 Å². The van der Waals surface area contributed by atoms with Gasteiger partial charge in [0.2, 0.25) is 5.91 Å². The van der Waals surface area contributed by atoms with E-state index < -0.39 is 12.3 Å². The van der Waals surface area contributed by atoms with Crippen LogP contribution in [-0.4, -0.2) is 43.9 Å². The van der Waals surface area contributed by atoms with E-state index in [-0.39, 0.29) is 31.1 Å². The van der Waals surface area contributed by atoms with Crippen LogP contribution in [0.1, 0.15) is 73.2 Å². The number of benzene rings is 3. The third-order valence-corrected chi connectivity index (χ3v) is 8.84. The molecule has 5 rings (SSSR count). The van der Waals surface area contributed by atoms with Crippen molar-refractivity contribution in [1.82, 2.24) is 15.3 Å². The number of unbranched alkanes of at least 4 members (excludes halogenated alkanes) is 2. The minimum atomic E-state index is -0.806. The Labute approximate surface area is 273 Å². The molecule has 0 aliphatic carbocycles. The number of hydrogen-bond acceptors (Lipinski definition) is 8. The summed E-state index contributed by atoms with van der Waals surface area (Å²) in [5, 5.41) is 22.0. The molecule has 3 N–H and O–H groups in total. The van der Waals surface area contributed by atoms with Crippen molar-refractivity contribution in [2.75, 3.05) is 5.75 Å². The fourth-order valence-electron chi connectivity index (χ4n) is 5.35. The lowest BCUT2D eigenvalue weighted by molar-refractivity contribution is -0.245. The van der Waals surface area contributed by atoms with E-state index in [0.717, 1.165) is 39.8 Å². The Bertz CT molecular complexity index is 1550. The molecular weight excluding hydrogens is 602 g/mol. The van der Waals surface area contributed by atoms with Gasteiger partial charge in [-0.2, -0.15) is 0 Å². The van der Waals surface area contributed by atoms with Crippen LogP contribution in [-0.2, 0) is 32.2 Å². The number of nitrogens with zero attached hydrogens (tertiary/aromatic N) is 2. The second kappa shape index (κ2) is 17.0. The standard InChI is InChI=1S/C36H39N3O6S/c40-23-25-11-13-27(14-12-25)32-21-30(24-46-36-37-19-6-20-38-36)44-35(45-32)28-17-15-26(16-18-28)31-8-5-4-7-29(31)22-39-33(41)9-2-1-3-10-34(42)43/h4-8,11-20,30,32,35,40H,1-3,9-10,21-24H2,(H,39,41)(H,42,43)/t30-,32+,35+/m0/s1. The molecule has 1 fully saturated rings. The first-order valence-electron chi connectivity index (χ1n) is 15.6. The zero-order chi connectivity index (χ0) is 32.1. The monoisotopic (exact) mass is 641 g/mol. The molecule has 3 aromatic carbocycles. The molecular formula is C36H39N3O6S. The number of carbonyl (C=O) groups is 2. The first-order chi connectivity index (χ1) is 22.5. The SMILES string of the molecule is O=C(O)CCCCCC(=O)NCc1ccccc1-c1ccc([C@@H]2O[C@H](CSc3ncccn3)C[C@H](c3ccc(CO)cc3)O2)cc1. The Morgan fingerprint density at radius 2 is 1.57 bits per heavy atom. The van der Waals surface area contributed by atoms with Crippen molar-refractivity contribution in [3.05, 3.63) is 114 Å². The predicted molar refractivity (Wildman–Crippen MR) is 176 cm³/mol. The highest BCUT2D eigenvalue weighted by Gasteiger charge is 2.32. The first-order valence-corrected chi connectivity index (χ1v) is 16.5. The molecule has 46 heavy (non-hydrogen) atoms. The first kappa shape index (κ1) is 33.3. The summed E-state index contributed by atoms with van der Waals surface area (Å²) in [6.07, 6.45) is 5.76. The van der Waals surface area contributed by atoms with Crippen LogP contribution in [0.25, 0.3) is 11.1 Å². The van der Waals surface area contributed by atoms with Gasteiger partial charge in [0.1, 0.15) is 0 Å². The van der Waals surface area contributed by atoms with E-state index in [2.05, 4.69) is 15.3 Å². The lowest BCUT2D eigenvalue weighted by Crippen LogP contribution is -2.31. The maximum Gasteiger partial charge on any atom is 0.303 e. The van der Waals surface area contributed by atoms with Crippen molar-refractivity contribution in [1.29, 1.82) is 0 Å². The Morgan fingerprint density at radius 3 is 2.30 bits per heavy atom. The molecule has 1 aromatic heterocycles. The lowest BCUT2D eigenvalue weighted by Gasteiger charge is -2.36. The van der Waals surface area contributed by atoms with Crippen LogP contribution in [0.4, 0.5) is 0 Å². The smallest absolute Gasteiger partial charge is 0.303 e.